The van der Waals surface area contributed by atoms with Crippen LogP contribution in [0.25, 0.3) is 0 Å². The third-order valence-electron chi connectivity index (χ3n) is 3.57. The molecule has 0 fully saturated rings. The predicted molar refractivity (Wildman–Crippen MR) is 97.0 cm³/mol. The smallest absolute Gasteiger partial charge is 0.344 e. The predicted octanol–water partition coefficient (Wildman–Crippen LogP) is 4.05. The minimum Gasteiger partial charge on any atom is -0.481 e. The molecule has 1 amide bonds. The van der Waals surface area contributed by atoms with Crippen molar-refractivity contribution < 1.29 is 23.5 Å². The molecule has 0 radical (unpaired) electrons. The van der Waals surface area contributed by atoms with Crippen LogP contribution in [0.2, 0.25) is 5.02 Å². The van der Waals surface area contributed by atoms with Gasteiger partial charge in [0, 0.05) is 5.02 Å². The SMILES string of the molecule is Cc1cc(Cl)cc(C)c1OCC(=O)O[C@@H](C)C(=O)Nc1ccccc1F. The molecule has 1 N–H and O–H groups in total. The maximum atomic E-state index is 13.5. The van der Waals surface area contributed by atoms with Gasteiger partial charge in [0.2, 0.25) is 0 Å². The summed E-state index contributed by atoms with van der Waals surface area (Å²) in [6, 6.07) is 9.17. The van der Waals surface area contributed by atoms with Crippen molar-refractivity contribution >= 4 is 29.2 Å². The molecule has 0 spiro atoms. The van der Waals surface area contributed by atoms with E-state index in [1.807, 2.05) is 13.8 Å². The summed E-state index contributed by atoms with van der Waals surface area (Å²) in [5.74, 6) is -1.39. The highest BCUT2D eigenvalue weighted by Crippen LogP contribution is 2.27. The van der Waals surface area contributed by atoms with Crippen LogP contribution in [0.3, 0.4) is 0 Å². The number of esters is 1. The van der Waals surface area contributed by atoms with Crippen LogP contribution < -0.4 is 10.1 Å². The Balaban J connectivity index is 1.89. The fraction of sp³-hybridized carbons (Fsp3) is 0.263. The number of hydrogen-bond acceptors (Lipinski definition) is 4. The number of aryl methyl sites for hydroxylation is 2. The molecule has 26 heavy (non-hydrogen) atoms. The molecule has 0 saturated carbocycles. The zero-order valence-electron chi connectivity index (χ0n) is 14.6. The third kappa shape index (κ3) is 5.20. The van der Waals surface area contributed by atoms with Gasteiger partial charge in [0.25, 0.3) is 5.91 Å². The summed E-state index contributed by atoms with van der Waals surface area (Å²) in [6.45, 7) is 4.65. The molecule has 0 bridgehead atoms. The Morgan fingerprint density at radius 3 is 2.42 bits per heavy atom. The number of rotatable bonds is 6. The number of nitrogens with one attached hydrogen (secondary N) is 1. The lowest BCUT2D eigenvalue weighted by atomic mass is 10.1. The van der Waals surface area contributed by atoms with Gasteiger partial charge in [-0.1, -0.05) is 23.7 Å². The molecule has 0 aliphatic carbocycles. The van der Waals surface area contributed by atoms with E-state index in [4.69, 9.17) is 21.1 Å². The molecular formula is C19H19ClFNO4. The van der Waals surface area contributed by atoms with Crippen molar-refractivity contribution in [1.82, 2.24) is 0 Å². The maximum Gasteiger partial charge on any atom is 0.344 e. The van der Waals surface area contributed by atoms with E-state index in [1.54, 1.807) is 18.2 Å². The van der Waals surface area contributed by atoms with Crippen molar-refractivity contribution in [3.05, 3.63) is 58.4 Å². The van der Waals surface area contributed by atoms with Gasteiger partial charge in [0.15, 0.2) is 12.7 Å². The molecule has 0 aromatic heterocycles. The summed E-state index contributed by atoms with van der Waals surface area (Å²) in [4.78, 5) is 23.9. The highest BCUT2D eigenvalue weighted by atomic mass is 35.5. The molecule has 7 heteroatoms. The van der Waals surface area contributed by atoms with Crippen LogP contribution in [-0.2, 0) is 14.3 Å². The third-order valence-corrected chi connectivity index (χ3v) is 3.79. The Kier molecular flexibility index (Phi) is 6.58. The van der Waals surface area contributed by atoms with E-state index in [2.05, 4.69) is 5.32 Å². The van der Waals surface area contributed by atoms with Crippen molar-refractivity contribution in [3.8, 4) is 5.75 Å². The lowest BCUT2D eigenvalue weighted by Crippen LogP contribution is -2.32. The summed E-state index contributed by atoms with van der Waals surface area (Å²) < 4.78 is 24.0. The number of ether oxygens (including phenoxy) is 2. The standard InChI is InChI=1S/C19H19ClFNO4/c1-11-8-14(20)9-12(2)18(11)25-10-17(23)26-13(3)19(24)22-16-7-5-4-6-15(16)21/h4-9,13H,10H2,1-3H3,(H,22,24)/t13-/m0/s1. The number of para-hydroxylation sites is 1. The Morgan fingerprint density at radius 1 is 1.19 bits per heavy atom. The van der Waals surface area contributed by atoms with Gasteiger partial charge in [-0.25, -0.2) is 9.18 Å². The number of amides is 1. The van der Waals surface area contributed by atoms with Crippen molar-refractivity contribution in [1.29, 1.82) is 0 Å². The summed E-state index contributed by atoms with van der Waals surface area (Å²) in [5.41, 5.74) is 1.59. The quantitative estimate of drug-likeness (QED) is 0.769. The highest BCUT2D eigenvalue weighted by Gasteiger charge is 2.19. The van der Waals surface area contributed by atoms with E-state index >= 15 is 0 Å². The molecule has 0 heterocycles. The van der Waals surface area contributed by atoms with E-state index in [9.17, 15) is 14.0 Å². The van der Waals surface area contributed by atoms with Gasteiger partial charge in [0.05, 0.1) is 5.69 Å². The Hall–Kier alpha value is -2.60. The first-order chi connectivity index (χ1) is 12.3. The number of halogens is 2. The molecule has 2 rings (SSSR count). The summed E-state index contributed by atoms with van der Waals surface area (Å²) in [7, 11) is 0. The molecule has 0 saturated heterocycles. The zero-order chi connectivity index (χ0) is 19.3. The lowest BCUT2D eigenvalue weighted by molar-refractivity contribution is -0.155. The average Bonchev–Trinajstić information content (AvgIpc) is 2.55. The number of anilines is 1. The van der Waals surface area contributed by atoms with E-state index < -0.39 is 23.8 Å². The average molecular weight is 380 g/mol. The first-order valence-electron chi connectivity index (χ1n) is 7.92. The van der Waals surface area contributed by atoms with Crippen LogP contribution in [-0.4, -0.2) is 24.6 Å². The largest absolute Gasteiger partial charge is 0.481 e. The van der Waals surface area contributed by atoms with Gasteiger partial charge in [-0.15, -0.1) is 0 Å². The van der Waals surface area contributed by atoms with Crippen molar-refractivity contribution in [2.24, 2.45) is 0 Å². The van der Waals surface area contributed by atoms with Gasteiger partial charge < -0.3 is 14.8 Å². The minimum atomic E-state index is -1.10. The summed E-state index contributed by atoms with van der Waals surface area (Å²) in [6.07, 6.45) is -1.10. The van der Waals surface area contributed by atoms with E-state index in [0.717, 1.165) is 11.1 Å². The van der Waals surface area contributed by atoms with Gasteiger partial charge in [-0.05, 0) is 56.2 Å². The molecule has 0 aliphatic heterocycles. The number of carbonyl (C=O) groups is 2. The van der Waals surface area contributed by atoms with Gasteiger partial charge in [-0.2, -0.15) is 0 Å². The normalized spacial score (nSPS) is 11.6. The molecule has 2 aromatic carbocycles. The Morgan fingerprint density at radius 2 is 1.81 bits per heavy atom. The van der Waals surface area contributed by atoms with E-state index in [1.165, 1.54) is 25.1 Å². The van der Waals surface area contributed by atoms with Crippen molar-refractivity contribution in [2.75, 3.05) is 11.9 Å². The van der Waals surface area contributed by atoms with Gasteiger partial charge in [-0.3, -0.25) is 4.79 Å². The fourth-order valence-corrected chi connectivity index (χ4v) is 2.67. The topological polar surface area (TPSA) is 64.6 Å². The maximum absolute atomic E-state index is 13.5. The second-order valence-electron chi connectivity index (χ2n) is 5.76. The Labute approximate surface area is 156 Å². The molecule has 5 nitrogen and oxygen atoms in total. The highest BCUT2D eigenvalue weighted by molar-refractivity contribution is 6.30. The van der Waals surface area contributed by atoms with Crippen molar-refractivity contribution in [2.45, 2.75) is 26.9 Å². The first-order valence-corrected chi connectivity index (χ1v) is 8.30. The summed E-state index contributed by atoms with van der Waals surface area (Å²) in [5, 5.41) is 2.94. The van der Waals surface area contributed by atoms with Crippen LogP contribution in [0.15, 0.2) is 36.4 Å². The van der Waals surface area contributed by atoms with Crippen LogP contribution in [0.4, 0.5) is 10.1 Å². The molecule has 0 unspecified atom stereocenters. The second kappa shape index (κ2) is 8.67. The van der Waals surface area contributed by atoms with Gasteiger partial charge >= 0.3 is 5.97 Å². The zero-order valence-corrected chi connectivity index (χ0v) is 15.4. The number of carbonyl (C=O) groups excluding carboxylic acids is 2. The van der Waals surface area contributed by atoms with E-state index in [-0.39, 0.29) is 12.3 Å². The summed E-state index contributed by atoms with van der Waals surface area (Å²) >= 11 is 5.95. The van der Waals surface area contributed by atoms with Crippen molar-refractivity contribution in [3.63, 3.8) is 0 Å². The molecule has 1 atom stereocenters. The minimum absolute atomic E-state index is 0.0177. The first kappa shape index (κ1) is 19.7. The fourth-order valence-electron chi connectivity index (χ4n) is 2.34. The molecule has 138 valence electrons. The number of benzene rings is 2. The monoisotopic (exact) mass is 379 g/mol. The van der Waals surface area contributed by atoms with E-state index in [0.29, 0.717) is 10.8 Å². The van der Waals surface area contributed by atoms with Crippen LogP contribution in [0, 0.1) is 19.7 Å². The van der Waals surface area contributed by atoms with Crippen LogP contribution >= 0.6 is 11.6 Å². The second-order valence-corrected chi connectivity index (χ2v) is 6.20. The van der Waals surface area contributed by atoms with Crippen LogP contribution in [0.5, 0.6) is 5.75 Å². The Bertz CT molecular complexity index is 802. The lowest BCUT2D eigenvalue weighted by Gasteiger charge is -2.15. The number of hydrogen-bond donors (Lipinski definition) is 1. The molecular weight excluding hydrogens is 361 g/mol. The van der Waals surface area contributed by atoms with Gasteiger partial charge in [0.1, 0.15) is 11.6 Å². The molecule has 0 aliphatic rings. The van der Waals surface area contributed by atoms with Crippen LogP contribution in [0.1, 0.15) is 18.1 Å². The molecule has 2 aromatic rings.